The van der Waals surface area contributed by atoms with Crippen molar-refractivity contribution in [2.45, 2.75) is 69.5 Å². The van der Waals surface area contributed by atoms with Gasteiger partial charge in [-0.05, 0) is 36.8 Å². The third-order valence-electron chi connectivity index (χ3n) is 8.37. The van der Waals surface area contributed by atoms with E-state index < -0.39 is 5.54 Å². The smallest absolute Gasteiger partial charge is 0.246 e. The van der Waals surface area contributed by atoms with E-state index >= 15 is 0 Å². The summed E-state index contributed by atoms with van der Waals surface area (Å²) in [6.45, 7) is 3.36. The summed E-state index contributed by atoms with van der Waals surface area (Å²) >= 11 is 0. The number of methoxy groups -OCH3 is 1. The number of para-hydroxylation sites is 1. The second-order valence-electron chi connectivity index (χ2n) is 10.4. The number of amides is 2. The van der Waals surface area contributed by atoms with Crippen molar-refractivity contribution in [3.63, 3.8) is 0 Å². The Balaban J connectivity index is 1.28. The Bertz CT molecular complexity index is 1000. The third-order valence-corrected chi connectivity index (χ3v) is 8.37. The van der Waals surface area contributed by atoms with Crippen LogP contribution in [0.25, 0.3) is 10.9 Å². The number of carbonyl (C=O) groups excluding carboxylic acids is 2. The lowest BCUT2D eigenvalue weighted by Gasteiger charge is -2.52. The number of rotatable bonds is 7. The van der Waals surface area contributed by atoms with Crippen molar-refractivity contribution < 1.29 is 14.3 Å². The van der Waals surface area contributed by atoms with Crippen LogP contribution in [0.5, 0.6) is 0 Å². The molecule has 7 nitrogen and oxygen atoms in total. The number of piperidine rings is 1. The topological polar surface area (TPSA) is 77.7 Å². The number of hydrogen-bond donors (Lipinski definition) is 2. The number of piperazine rings is 1. The molecule has 2 aliphatic heterocycles. The van der Waals surface area contributed by atoms with Crippen molar-refractivity contribution >= 4 is 22.7 Å². The average Bonchev–Trinajstić information content (AvgIpc) is 3.27. The minimum Gasteiger partial charge on any atom is -0.383 e. The summed E-state index contributed by atoms with van der Waals surface area (Å²) in [5, 5.41) is 4.42. The third kappa shape index (κ3) is 4.48. The summed E-state index contributed by atoms with van der Waals surface area (Å²) in [6, 6.07) is 7.97. The van der Waals surface area contributed by atoms with E-state index in [0.717, 1.165) is 31.6 Å². The lowest BCUT2D eigenvalue weighted by atomic mass is 9.79. The molecule has 34 heavy (non-hydrogen) atoms. The largest absolute Gasteiger partial charge is 0.383 e. The van der Waals surface area contributed by atoms with Crippen molar-refractivity contribution in [3.05, 3.63) is 36.0 Å². The van der Waals surface area contributed by atoms with Gasteiger partial charge in [0, 0.05) is 50.4 Å². The Hall–Kier alpha value is -2.38. The van der Waals surface area contributed by atoms with Gasteiger partial charge in [-0.15, -0.1) is 0 Å². The maximum Gasteiger partial charge on any atom is 0.246 e. The van der Waals surface area contributed by atoms with Crippen LogP contribution in [0.1, 0.15) is 56.9 Å². The molecule has 3 heterocycles. The van der Waals surface area contributed by atoms with E-state index in [2.05, 4.69) is 39.6 Å². The first-order chi connectivity index (χ1) is 16.6. The quantitative estimate of drug-likeness (QED) is 0.655. The van der Waals surface area contributed by atoms with Crippen LogP contribution >= 0.6 is 0 Å². The van der Waals surface area contributed by atoms with E-state index in [-0.39, 0.29) is 17.9 Å². The maximum absolute atomic E-state index is 13.6. The fourth-order valence-electron chi connectivity index (χ4n) is 6.38. The molecular weight excluding hydrogens is 428 g/mol. The summed E-state index contributed by atoms with van der Waals surface area (Å²) < 4.78 is 5.34. The lowest BCUT2D eigenvalue weighted by molar-refractivity contribution is -0.162. The molecule has 1 aromatic heterocycles. The predicted molar refractivity (Wildman–Crippen MR) is 132 cm³/mol. The Labute approximate surface area is 202 Å². The van der Waals surface area contributed by atoms with Gasteiger partial charge in [-0.3, -0.25) is 14.5 Å². The second kappa shape index (κ2) is 10.1. The van der Waals surface area contributed by atoms with Gasteiger partial charge in [0.15, 0.2) is 0 Å². The fourth-order valence-corrected chi connectivity index (χ4v) is 6.38. The van der Waals surface area contributed by atoms with Crippen LogP contribution in [0.3, 0.4) is 0 Å². The Morgan fingerprint density at radius 1 is 1.09 bits per heavy atom. The van der Waals surface area contributed by atoms with Crippen LogP contribution in [0.15, 0.2) is 30.5 Å². The molecule has 2 aromatic rings. The highest BCUT2D eigenvalue weighted by Gasteiger charge is 2.53. The summed E-state index contributed by atoms with van der Waals surface area (Å²) in [4.78, 5) is 34.9. The van der Waals surface area contributed by atoms with Crippen molar-refractivity contribution in [1.29, 1.82) is 0 Å². The Morgan fingerprint density at radius 3 is 2.62 bits per heavy atom. The van der Waals surface area contributed by atoms with E-state index in [1.54, 1.807) is 7.11 Å². The van der Waals surface area contributed by atoms with Crippen LogP contribution in [0, 0.1) is 5.92 Å². The monoisotopic (exact) mass is 466 g/mol. The van der Waals surface area contributed by atoms with Crippen LogP contribution in [-0.2, 0) is 20.9 Å². The second-order valence-corrected chi connectivity index (χ2v) is 10.4. The first kappa shape index (κ1) is 23.4. The number of aromatic nitrogens is 1. The molecule has 2 N–H and O–H groups in total. The molecule has 0 bridgehead atoms. The van der Waals surface area contributed by atoms with Gasteiger partial charge in [0.1, 0.15) is 11.6 Å². The van der Waals surface area contributed by atoms with Gasteiger partial charge < -0.3 is 19.9 Å². The summed E-state index contributed by atoms with van der Waals surface area (Å²) in [6.07, 6.45) is 10.3. The SMILES string of the molecule is COCCN1C(=O)C(CC2CCCCC2)NC(=O)C12CCN(Cc1c[nH]c3ccccc13)CC2. The zero-order valence-electron chi connectivity index (χ0n) is 20.4. The van der Waals surface area contributed by atoms with Gasteiger partial charge in [0.05, 0.1) is 6.61 Å². The highest BCUT2D eigenvalue weighted by atomic mass is 16.5. The molecule has 1 atom stereocenters. The molecular formula is C27H38N4O3. The number of fused-ring (bicyclic) bond motifs is 1. The highest BCUT2D eigenvalue weighted by Crippen LogP contribution is 2.36. The molecule has 5 rings (SSSR count). The number of benzene rings is 1. The van der Waals surface area contributed by atoms with Gasteiger partial charge in [-0.25, -0.2) is 0 Å². The average molecular weight is 467 g/mol. The molecule has 184 valence electrons. The molecule has 1 saturated carbocycles. The van der Waals surface area contributed by atoms with E-state index in [1.165, 1.54) is 43.1 Å². The lowest BCUT2D eigenvalue weighted by Crippen LogP contribution is -2.73. The first-order valence-corrected chi connectivity index (χ1v) is 13.0. The summed E-state index contributed by atoms with van der Waals surface area (Å²) in [5.74, 6) is 0.669. The molecule has 7 heteroatoms. The Morgan fingerprint density at radius 2 is 1.85 bits per heavy atom. The van der Waals surface area contributed by atoms with Crippen LogP contribution in [-0.4, -0.2) is 71.5 Å². The number of H-pyrrole nitrogens is 1. The molecule has 3 fully saturated rings. The maximum atomic E-state index is 13.6. The van der Waals surface area contributed by atoms with E-state index in [1.807, 2.05) is 11.0 Å². The predicted octanol–water partition coefficient (Wildman–Crippen LogP) is 3.45. The van der Waals surface area contributed by atoms with Crippen molar-refractivity contribution in [2.75, 3.05) is 33.4 Å². The van der Waals surface area contributed by atoms with E-state index in [9.17, 15) is 9.59 Å². The van der Waals surface area contributed by atoms with Crippen LogP contribution < -0.4 is 5.32 Å². The number of nitrogens with zero attached hydrogens (tertiary/aromatic N) is 2. The van der Waals surface area contributed by atoms with Gasteiger partial charge >= 0.3 is 0 Å². The molecule has 1 unspecified atom stereocenters. The van der Waals surface area contributed by atoms with Crippen molar-refractivity contribution in [3.8, 4) is 0 Å². The normalized spacial score (nSPS) is 24.1. The van der Waals surface area contributed by atoms with Gasteiger partial charge in [0.2, 0.25) is 11.8 Å². The molecule has 1 aromatic carbocycles. The van der Waals surface area contributed by atoms with Crippen LogP contribution in [0.4, 0.5) is 0 Å². The van der Waals surface area contributed by atoms with E-state index in [0.29, 0.717) is 31.9 Å². The molecule has 2 amide bonds. The molecule has 2 saturated heterocycles. The number of carbonyl (C=O) groups is 2. The number of hydrogen-bond acceptors (Lipinski definition) is 4. The minimum atomic E-state index is -0.755. The standard InChI is InChI=1S/C27H38N4O3/c1-34-16-15-31-25(32)24(17-20-7-3-2-4-8-20)29-26(33)27(31)11-13-30(14-12-27)19-21-18-28-23-10-6-5-9-22(21)23/h5-6,9-10,18,20,24,28H,2-4,7-8,11-17,19H2,1H3,(H,29,33). The molecule has 1 aliphatic carbocycles. The zero-order valence-corrected chi connectivity index (χ0v) is 20.4. The first-order valence-electron chi connectivity index (χ1n) is 13.0. The van der Waals surface area contributed by atoms with E-state index in [4.69, 9.17) is 4.74 Å². The Kier molecular flexibility index (Phi) is 6.93. The number of likely N-dealkylation sites (tertiary alicyclic amines) is 1. The van der Waals surface area contributed by atoms with Gasteiger partial charge in [-0.1, -0.05) is 50.3 Å². The number of ether oxygens (including phenoxy) is 1. The highest BCUT2D eigenvalue weighted by molar-refractivity contribution is 6.00. The number of nitrogens with one attached hydrogen (secondary N) is 2. The van der Waals surface area contributed by atoms with Crippen LogP contribution in [0.2, 0.25) is 0 Å². The molecule has 1 spiro atoms. The zero-order chi connectivity index (χ0) is 23.5. The molecule has 0 radical (unpaired) electrons. The minimum absolute atomic E-state index is 0.0377. The summed E-state index contributed by atoms with van der Waals surface area (Å²) in [5.41, 5.74) is 1.67. The summed E-state index contributed by atoms with van der Waals surface area (Å²) in [7, 11) is 1.66. The van der Waals surface area contributed by atoms with Crippen molar-refractivity contribution in [2.24, 2.45) is 5.92 Å². The molecule has 3 aliphatic rings. The number of aromatic amines is 1. The van der Waals surface area contributed by atoms with Crippen molar-refractivity contribution in [1.82, 2.24) is 20.1 Å². The fraction of sp³-hybridized carbons (Fsp3) is 0.630. The van der Waals surface area contributed by atoms with Gasteiger partial charge in [-0.2, -0.15) is 0 Å². The van der Waals surface area contributed by atoms with Gasteiger partial charge in [0.25, 0.3) is 0 Å².